The second-order valence-corrected chi connectivity index (χ2v) is 17.4. The van der Waals surface area contributed by atoms with Gasteiger partial charge in [0.1, 0.15) is 29.3 Å². The number of carbonyl (C=O) groups is 3. The number of aryl methyl sites for hydroxylation is 1. The fourth-order valence-electron chi connectivity index (χ4n) is 10.4. The van der Waals surface area contributed by atoms with Crippen molar-refractivity contribution in [2.75, 3.05) is 57.2 Å². The van der Waals surface area contributed by atoms with Crippen molar-refractivity contribution in [2.45, 2.75) is 76.3 Å². The first-order chi connectivity index (χ1) is 29.6. The summed E-state index contributed by atoms with van der Waals surface area (Å²) in [5, 5.41) is 20.4. The van der Waals surface area contributed by atoms with E-state index < -0.39 is 11.9 Å². The second kappa shape index (κ2) is 16.3. The molecule has 5 aromatic rings. The smallest absolute Gasteiger partial charge is 0.329 e. The second-order valence-electron chi connectivity index (χ2n) is 17.4. The predicted molar refractivity (Wildman–Crippen MR) is 229 cm³/mol. The molecule has 6 heterocycles. The Labute approximate surface area is 353 Å². The largest absolute Gasteiger partial charge is 0.494 e. The topological polar surface area (TPSA) is 182 Å². The van der Waals surface area contributed by atoms with Gasteiger partial charge in [-0.3, -0.25) is 38.5 Å². The average Bonchev–Trinajstić information content (AvgIpc) is 3.81. The summed E-state index contributed by atoms with van der Waals surface area (Å²) in [5.74, 6) is 0.758. The number of hydrogen-bond donors (Lipinski definition) is 2. The Bertz CT molecular complexity index is 2610. The number of nitrogens with one attached hydrogen (secondary N) is 2. The average molecular weight is 829 g/mol. The van der Waals surface area contributed by atoms with E-state index in [0.717, 1.165) is 93.4 Å². The first kappa shape index (κ1) is 40.2. The van der Waals surface area contributed by atoms with E-state index in [2.05, 4.69) is 36.3 Å². The van der Waals surface area contributed by atoms with Crippen molar-refractivity contribution in [3.63, 3.8) is 0 Å². The number of aromatic nitrogens is 5. The lowest BCUT2D eigenvalue weighted by Crippen LogP contribution is -2.48. The lowest BCUT2D eigenvalue weighted by atomic mass is 9.71. The number of anilines is 2. The normalized spacial score (nSPS) is 22.0. The third kappa shape index (κ3) is 7.60. The van der Waals surface area contributed by atoms with Crippen LogP contribution in [0.15, 0.2) is 53.7 Å². The monoisotopic (exact) mass is 828 g/mol. The molecule has 61 heavy (non-hydrogen) atoms. The molecule has 16 heteroatoms. The van der Waals surface area contributed by atoms with E-state index in [1.165, 1.54) is 31.3 Å². The number of piperidine rings is 3. The zero-order valence-electron chi connectivity index (χ0n) is 35.0. The van der Waals surface area contributed by atoms with Crippen LogP contribution in [-0.2, 0) is 16.6 Å². The first-order valence-electron chi connectivity index (χ1n) is 21.4. The van der Waals surface area contributed by atoms with Gasteiger partial charge in [0.15, 0.2) is 0 Å². The van der Waals surface area contributed by atoms with Crippen molar-refractivity contribution in [3.05, 3.63) is 70.5 Å². The number of rotatable bonds is 9. The van der Waals surface area contributed by atoms with E-state index in [-0.39, 0.29) is 23.9 Å². The number of benzene rings is 2. The molecule has 16 nitrogen and oxygen atoms in total. The molecule has 0 bridgehead atoms. The van der Waals surface area contributed by atoms with Gasteiger partial charge in [0.25, 0.3) is 5.91 Å². The molecule has 4 aliphatic rings. The Hall–Kier alpha value is -6.21. The van der Waals surface area contributed by atoms with Crippen LogP contribution in [0.5, 0.6) is 11.5 Å². The fourth-order valence-corrected chi connectivity index (χ4v) is 10.4. The van der Waals surface area contributed by atoms with Gasteiger partial charge >= 0.3 is 5.69 Å². The summed E-state index contributed by atoms with van der Waals surface area (Å²) in [4.78, 5) is 60.4. The number of amides is 3. The van der Waals surface area contributed by atoms with Gasteiger partial charge < -0.3 is 24.6 Å². The molecule has 318 valence electrons. The molecule has 3 aromatic heterocycles. The fraction of sp³-hybridized carbons (Fsp3) is 0.489. The highest BCUT2D eigenvalue weighted by molar-refractivity contribution is 6.06. The summed E-state index contributed by atoms with van der Waals surface area (Å²) >= 11 is 0. The van der Waals surface area contributed by atoms with Crippen molar-refractivity contribution in [1.29, 1.82) is 5.26 Å². The number of likely N-dealkylation sites (tertiary alicyclic amines) is 1. The lowest BCUT2D eigenvalue weighted by Gasteiger charge is -2.48. The summed E-state index contributed by atoms with van der Waals surface area (Å²) in [5.41, 5.74) is 4.29. The standard InChI is InChI=1S/C45H52N10O6/c1-51-40-35(55(44(51)59)36-9-11-39(56)49-43(36)58)8-10-37(60-2)41(40)53-18-14-45(15-19-53)12-16-52(17-13-45)26-28-4-6-32(7-5-28)54-27-31-21-34(38(61-3)22-33(31)50-54)48-42(57)30-20-29(23-46)24-47-25-30/h8,10,20-22,24-25,27-28,32,36H,4-7,9,11-19,26H2,1-3H3,(H,48,57)(H,49,56,58). The quantitative estimate of drug-likeness (QED) is 0.184. The summed E-state index contributed by atoms with van der Waals surface area (Å²) in [6, 6.07) is 10.6. The number of carbonyl (C=O) groups excluding carboxylic acids is 3. The maximum atomic E-state index is 13.7. The van der Waals surface area contributed by atoms with Crippen LogP contribution < -0.4 is 30.7 Å². The zero-order chi connectivity index (χ0) is 42.4. The molecule has 1 unspecified atom stereocenters. The number of imide groups is 1. The summed E-state index contributed by atoms with van der Waals surface area (Å²) < 4.78 is 16.8. The minimum Gasteiger partial charge on any atom is -0.494 e. The summed E-state index contributed by atoms with van der Waals surface area (Å²) in [7, 11) is 4.97. The van der Waals surface area contributed by atoms with Gasteiger partial charge in [-0.2, -0.15) is 10.4 Å². The van der Waals surface area contributed by atoms with E-state index in [4.69, 9.17) is 14.6 Å². The lowest BCUT2D eigenvalue weighted by molar-refractivity contribution is -0.135. The van der Waals surface area contributed by atoms with Crippen LogP contribution in [0, 0.1) is 22.7 Å². The van der Waals surface area contributed by atoms with Crippen LogP contribution in [0.3, 0.4) is 0 Å². The number of nitrogens with zero attached hydrogens (tertiary/aromatic N) is 8. The highest BCUT2D eigenvalue weighted by Crippen LogP contribution is 2.46. The minimum atomic E-state index is -0.735. The van der Waals surface area contributed by atoms with Gasteiger partial charge in [-0.05, 0) is 106 Å². The molecule has 2 aromatic carbocycles. The Kier molecular flexibility index (Phi) is 10.8. The molecule has 1 spiro atoms. The van der Waals surface area contributed by atoms with Gasteiger partial charge in [0, 0.05) is 63.1 Å². The van der Waals surface area contributed by atoms with Crippen LogP contribution in [-0.4, -0.2) is 93.5 Å². The van der Waals surface area contributed by atoms with Crippen LogP contribution in [0.25, 0.3) is 21.9 Å². The van der Waals surface area contributed by atoms with E-state index >= 15 is 0 Å². The van der Waals surface area contributed by atoms with E-state index in [9.17, 15) is 24.4 Å². The molecule has 0 radical (unpaired) electrons. The molecular formula is C45H52N10O6. The predicted octanol–water partition coefficient (Wildman–Crippen LogP) is 5.32. The highest BCUT2D eigenvalue weighted by Gasteiger charge is 2.40. The number of nitriles is 1. The molecule has 3 amide bonds. The van der Waals surface area contributed by atoms with Gasteiger partial charge in [0.05, 0.1) is 53.6 Å². The van der Waals surface area contributed by atoms with Gasteiger partial charge in [-0.25, -0.2) is 4.79 Å². The number of imidazole rings is 1. The number of hydrogen-bond acceptors (Lipinski definition) is 11. The number of methoxy groups -OCH3 is 2. The van der Waals surface area contributed by atoms with Crippen molar-refractivity contribution in [1.82, 2.24) is 34.1 Å². The Morgan fingerprint density at radius 3 is 2.39 bits per heavy atom. The zero-order valence-corrected chi connectivity index (χ0v) is 35.0. The first-order valence-corrected chi connectivity index (χ1v) is 21.4. The van der Waals surface area contributed by atoms with Crippen molar-refractivity contribution in [2.24, 2.45) is 18.4 Å². The summed E-state index contributed by atoms with van der Waals surface area (Å²) in [6.07, 6.45) is 14.3. The third-order valence-corrected chi connectivity index (χ3v) is 13.9. The maximum absolute atomic E-state index is 13.7. The molecule has 3 aliphatic heterocycles. The number of pyridine rings is 1. The molecular weight excluding hydrogens is 777 g/mol. The van der Waals surface area contributed by atoms with Gasteiger partial charge in [0.2, 0.25) is 11.8 Å². The molecule has 4 fully saturated rings. The van der Waals surface area contributed by atoms with E-state index in [1.54, 1.807) is 30.4 Å². The highest BCUT2D eigenvalue weighted by atomic mass is 16.5. The third-order valence-electron chi connectivity index (χ3n) is 13.9. The molecule has 3 saturated heterocycles. The molecule has 2 N–H and O–H groups in total. The number of ether oxygens (including phenoxy) is 2. The van der Waals surface area contributed by atoms with Crippen LogP contribution >= 0.6 is 0 Å². The minimum absolute atomic E-state index is 0.199. The van der Waals surface area contributed by atoms with Crippen molar-refractivity contribution in [3.8, 4) is 17.6 Å². The SMILES string of the molecule is COc1cc2nn(C3CCC(CN4CCC5(CC4)CCN(c4c(OC)ccc6c4n(C)c(=O)n6C4CCC(=O)NC4=O)CC5)CC3)cc2cc1NC(=O)c1cncc(C#N)c1. The molecule has 1 atom stereocenters. The Balaban J connectivity index is 0.793. The van der Waals surface area contributed by atoms with E-state index in [1.807, 2.05) is 30.3 Å². The van der Waals surface area contributed by atoms with Crippen LogP contribution in [0.1, 0.15) is 92.2 Å². The molecule has 1 saturated carbocycles. The van der Waals surface area contributed by atoms with Gasteiger partial charge in [-0.1, -0.05) is 0 Å². The van der Waals surface area contributed by atoms with Crippen molar-refractivity contribution >= 4 is 51.0 Å². The van der Waals surface area contributed by atoms with Crippen LogP contribution in [0.4, 0.5) is 11.4 Å². The molecule has 1 aliphatic carbocycles. The Morgan fingerprint density at radius 2 is 1.69 bits per heavy atom. The maximum Gasteiger partial charge on any atom is 0.329 e. The van der Waals surface area contributed by atoms with Crippen LogP contribution in [0.2, 0.25) is 0 Å². The Morgan fingerprint density at radius 1 is 0.951 bits per heavy atom. The van der Waals surface area contributed by atoms with Crippen molar-refractivity contribution < 1.29 is 23.9 Å². The summed E-state index contributed by atoms with van der Waals surface area (Å²) in [6.45, 7) is 5.05. The van der Waals surface area contributed by atoms with Gasteiger partial charge in [-0.15, -0.1) is 0 Å². The van der Waals surface area contributed by atoms with E-state index in [0.29, 0.717) is 57.6 Å². The number of fused-ring (bicyclic) bond motifs is 2. The molecule has 9 rings (SSSR count).